The minimum Gasteiger partial charge on any atom is -0.497 e. The molecule has 1 aliphatic heterocycles. The zero-order chi connectivity index (χ0) is 20.1. The van der Waals surface area contributed by atoms with E-state index < -0.39 is 0 Å². The number of piperazine rings is 1. The Hall–Kier alpha value is -3.62. The highest BCUT2D eigenvalue weighted by atomic mass is 16.5. The van der Waals surface area contributed by atoms with E-state index in [1.165, 1.54) is 6.26 Å². The monoisotopic (exact) mass is 394 g/mol. The van der Waals surface area contributed by atoms with Gasteiger partial charge in [-0.25, -0.2) is 0 Å². The van der Waals surface area contributed by atoms with E-state index in [0.717, 1.165) is 17.1 Å². The molecule has 0 aliphatic carbocycles. The van der Waals surface area contributed by atoms with Gasteiger partial charge in [0.1, 0.15) is 5.75 Å². The van der Waals surface area contributed by atoms with Crippen molar-refractivity contribution in [2.75, 3.05) is 43.5 Å². The van der Waals surface area contributed by atoms with Gasteiger partial charge >= 0.3 is 0 Å². The molecule has 4 rings (SSSR count). The van der Waals surface area contributed by atoms with Crippen LogP contribution >= 0.6 is 0 Å². The van der Waals surface area contributed by atoms with E-state index in [2.05, 4.69) is 25.4 Å². The molecule has 9 nitrogen and oxygen atoms in total. The van der Waals surface area contributed by atoms with Crippen molar-refractivity contribution in [3.63, 3.8) is 0 Å². The normalized spacial score (nSPS) is 14.0. The fourth-order valence-corrected chi connectivity index (χ4v) is 3.14. The van der Waals surface area contributed by atoms with Crippen molar-refractivity contribution in [1.29, 1.82) is 0 Å². The predicted molar refractivity (Wildman–Crippen MR) is 107 cm³/mol. The summed E-state index contributed by atoms with van der Waals surface area (Å²) in [5, 5.41) is 11.3. The van der Waals surface area contributed by atoms with Crippen LogP contribution in [0.3, 0.4) is 0 Å². The number of benzene rings is 1. The van der Waals surface area contributed by atoms with E-state index in [4.69, 9.17) is 9.15 Å². The van der Waals surface area contributed by atoms with Gasteiger partial charge in [-0.3, -0.25) is 4.79 Å². The Bertz CT molecular complexity index is 937. The highest BCUT2D eigenvalue weighted by Crippen LogP contribution is 2.16. The van der Waals surface area contributed by atoms with Crippen molar-refractivity contribution in [1.82, 2.24) is 20.1 Å². The van der Waals surface area contributed by atoms with Gasteiger partial charge in [-0.15, -0.1) is 5.10 Å². The number of hydrogen-bond acceptors (Lipinski definition) is 8. The molecule has 2 aromatic heterocycles. The third kappa shape index (κ3) is 4.45. The lowest BCUT2D eigenvalue weighted by atomic mass is 10.2. The van der Waals surface area contributed by atoms with Crippen LogP contribution in [0.4, 0.5) is 11.8 Å². The molecule has 1 fully saturated rings. The second kappa shape index (κ2) is 8.59. The summed E-state index contributed by atoms with van der Waals surface area (Å²) in [6, 6.07) is 11.2. The SMILES string of the molecule is COc1ccc(CNc2nncc(N3CCN(C(=O)c4ccco4)CC3)n2)cc1. The first-order chi connectivity index (χ1) is 14.2. The molecule has 0 saturated carbocycles. The number of amides is 1. The van der Waals surface area contributed by atoms with Crippen LogP contribution in [0.15, 0.2) is 53.3 Å². The molecule has 3 aromatic rings. The summed E-state index contributed by atoms with van der Waals surface area (Å²) >= 11 is 0. The van der Waals surface area contributed by atoms with Crippen LogP contribution in [0.2, 0.25) is 0 Å². The lowest BCUT2D eigenvalue weighted by Gasteiger charge is -2.34. The van der Waals surface area contributed by atoms with Crippen LogP contribution in [0, 0.1) is 0 Å². The van der Waals surface area contributed by atoms with E-state index in [9.17, 15) is 4.79 Å². The second-order valence-electron chi connectivity index (χ2n) is 6.60. The Kier molecular flexibility index (Phi) is 5.55. The fourth-order valence-electron chi connectivity index (χ4n) is 3.14. The number of carbonyl (C=O) groups excluding carboxylic acids is 1. The summed E-state index contributed by atoms with van der Waals surface area (Å²) in [6.07, 6.45) is 3.15. The van der Waals surface area contributed by atoms with Crippen LogP contribution in [-0.2, 0) is 6.54 Å². The Labute approximate surface area is 168 Å². The second-order valence-corrected chi connectivity index (χ2v) is 6.60. The summed E-state index contributed by atoms with van der Waals surface area (Å²) < 4.78 is 10.4. The first-order valence-corrected chi connectivity index (χ1v) is 9.37. The molecular formula is C20H22N6O3. The van der Waals surface area contributed by atoms with Gasteiger partial charge in [0.25, 0.3) is 5.91 Å². The van der Waals surface area contributed by atoms with Crippen molar-refractivity contribution < 1.29 is 13.9 Å². The molecule has 1 saturated heterocycles. The van der Waals surface area contributed by atoms with Gasteiger partial charge in [0.15, 0.2) is 11.6 Å². The number of furan rings is 1. The topological polar surface area (TPSA) is 96.6 Å². The maximum Gasteiger partial charge on any atom is 0.289 e. The van der Waals surface area contributed by atoms with Crippen molar-refractivity contribution in [2.45, 2.75) is 6.54 Å². The zero-order valence-electron chi connectivity index (χ0n) is 16.1. The maximum atomic E-state index is 12.4. The van der Waals surface area contributed by atoms with E-state index in [-0.39, 0.29) is 5.91 Å². The number of ether oxygens (including phenoxy) is 1. The quantitative estimate of drug-likeness (QED) is 0.679. The van der Waals surface area contributed by atoms with Crippen LogP contribution in [0.1, 0.15) is 16.1 Å². The minimum atomic E-state index is -0.0858. The van der Waals surface area contributed by atoms with E-state index >= 15 is 0 Å². The third-order valence-corrected chi connectivity index (χ3v) is 4.78. The molecule has 1 aromatic carbocycles. The molecule has 1 N–H and O–H groups in total. The molecule has 150 valence electrons. The van der Waals surface area contributed by atoms with Gasteiger partial charge in [-0.2, -0.15) is 10.1 Å². The van der Waals surface area contributed by atoms with Crippen molar-refractivity contribution in [2.24, 2.45) is 0 Å². The fraction of sp³-hybridized carbons (Fsp3) is 0.300. The Morgan fingerprint density at radius 2 is 1.97 bits per heavy atom. The summed E-state index contributed by atoms with van der Waals surface area (Å²) in [5.41, 5.74) is 1.09. The van der Waals surface area contributed by atoms with Crippen molar-refractivity contribution in [3.05, 3.63) is 60.2 Å². The predicted octanol–water partition coefficient (Wildman–Crippen LogP) is 2.05. The molecular weight excluding hydrogens is 372 g/mol. The van der Waals surface area contributed by atoms with E-state index in [1.807, 2.05) is 24.3 Å². The van der Waals surface area contributed by atoms with Crippen LogP contribution in [-0.4, -0.2) is 59.3 Å². The average molecular weight is 394 g/mol. The van der Waals surface area contributed by atoms with Crippen LogP contribution in [0.5, 0.6) is 5.75 Å². The van der Waals surface area contributed by atoms with Gasteiger partial charge in [-0.1, -0.05) is 12.1 Å². The largest absolute Gasteiger partial charge is 0.497 e. The van der Waals surface area contributed by atoms with Crippen molar-refractivity contribution in [3.8, 4) is 5.75 Å². The molecule has 0 radical (unpaired) electrons. The van der Waals surface area contributed by atoms with Gasteiger partial charge in [0, 0.05) is 32.7 Å². The molecule has 9 heteroatoms. The molecule has 29 heavy (non-hydrogen) atoms. The number of nitrogens with one attached hydrogen (secondary N) is 1. The molecule has 0 bridgehead atoms. The van der Waals surface area contributed by atoms with Gasteiger partial charge in [0.05, 0.1) is 19.6 Å². The van der Waals surface area contributed by atoms with E-state index in [0.29, 0.717) is 44.4 Å². The number of hydrogen-bond donors (Lipinski definition) is 1. The summed E-state index contributed by atoms with van der Waals surface area (Å²) in [4.78, 5) is 20.8. The Morgan fingerprint density at radius 1 is 1.17 bits per heavy atom. The number of carbonyl (C=O) groups is 1. The smallest absolute Gasteiger partial charge is 0.289 e. The van der Waals surface area contributed by atoms with Gasteiger partial charge in [-0.05, 0) is 29.8 Å². The Balaban J connectivity index is 1.33. The third-order valence-electron chi connectivity index (χ3n) is 4.78. The van der Waals surface area contributed by atoms with Gasteiger partial charge < -0.3 is 24.3 Å². The molecule has 0 atom stereocenters. The minimum absolute atomic E-state index is 0.0858. The lowest BCUT2D eigenvalue weighted by Crippen LogP contribution is -2.49. The number of methoxy groups -OCH3 is 1. The van der Waals surface area contributed by atoms with Crippen LogP contribution in [0.25, 0.3) is 0 Å². The number of aromatic nitrogens is 3. The van der Waals surface area contributed by atoms with Crippen LogP contribution < -0.4 is 15.0 Å². The number of rotatable bonds is 6. The standard InChI is InChI=1S/C20H22N6O3/c1-28-16-6-4-15(5-7-16)13-21-20-23-18(14-22-24-20)25-8-10-26(11-9-25)19(27)17-3-2-12-29-17/h2-7,12,14H,8-11,13H2,1H3,(H,21,23,24). The summed E-state index contributed by atoms with van der Waals surface area (Å²) in [7, 11) is 1.64. The summed E-state index contributed by atoms with van der Waals surface area (Å²) in [5.74, 6) is 2.30. The molecule has 3 heterocycles. The molecule has 0 spiro atoms. The lowest BCUT2D eigenvalue weighted by molar-refractivity contribution is 0.0714. The molecule has 0 unspecified atom stereocenters. The van der Waals surface area contributed by atoms with Crippen molar-refractivity contribution >= 4 is 17.7 Å². The number of nitrogens with zero attached hydrogens (tertiary/aromatic N) is 5. The average Bonchev–Trinajstić information content (AvgIpc) is 3.33. The number of anilines is 2. The first kappa shape index (κ1) is 18.7. The first-order valence-electron chi connectivity index (χ1n) is 9.37. The maximum absolute atomic E-state index is 12.4. The highest BCUT2D eigenvalue weighted by Gasteiger charge is 2.24. The Morgan fingerprint density at radius 3 is 2.66 bits per heavy atom. The van der Waals surface area contributed by atoms with E-state index in [1.54, 1.807) is 30.3 Å². The highest BCUT2D eigenvalue weighted by molar-refractivity contribution is 5.91. The van der Waals surface area contributed by atoms with Gasteiger partial charge in [0.2, 0.25) is 5.95 Å². The summed E-state index contributed by atoms with van der Waals surface area (Å²) in [6.45, 7) is 3.11. The molecule has 1 amide bonds. The molecule has 1 aliphatic rings. The zero-order valence-corrected chi connectivity index (χ0v) is 16.1.